The molecule has 2 atom stereocenters. The van der Waals surface area contributed by atoms with Crippen molar-refractivity contribution in [2.45, 2.75) is 18.8 Å². The normalized spacial score (nSPS) is 23.1. The van der Waals surface area contributed by atoms with Gasteiger partial charge in [0.2, 0.25) is 0 Å². The highest BCUT2D eigenvalue weighted by molar-refractivity contribution is 6.02. The molecule has 3 heteroatoms. The molecule has 1 aliphatic heterocycles. The molecule has 0 bridgehead atoms. The smallest absolute Gasteiger partial charge is 0.198 e. The maximum absolute atomic E-state index is 12.5. The Labute approximate surface area is 130 Å². The second kappa shape index (κ2) is 5.16. The topological polar surface area (TPSA) is 35.3 Å². The molecule has 0 saturated carbocycles. The van der Waals surface area contributed by atoms with Crippen LogP contribution in [-0.2, 0) is 6.42 Å². The van der Waals surface area contributed by atoms with Crippen molar-refractivity contribution in [1.29, 1.82) is 0 Å². The van der Waals surface area contributed by atoms with Crippen LogP contribution in [0.3, 0.4) is 0 Å². The van der Waals surface area contributed by atoms with Crippen molar-refractivity contribution < 1.29 is 9.48 Å². The second-order valence-electron chi connectivity index (χ2n) is 6.13. The van der Waals surface area contributed by atoms with Crippen LogP contribution in [0.5, 0.6) is 5.75 Å². The van der Waals surface area contributed by atoms with Crippen LogP contribution in [-0.4, -0.2) is 24.1 Å². The highest BCUT2D eigenvalue weighted by Gasteiger charge is 2.43. The Bertz CT molecular complexity index is 733. The lowest BCUT2D eigenvalue weighted by Crippen LogP contribution is -2.26. The van der Waals surface area contributed by atoms with Crippen LogP contribution in [0.25, 0.3) is 0 Å². The van der Waals surface area contributed by atoms with Crippen LogP contribution in [0.1, 0.15) is 29.0 Å². The second-order valence-corrected chi connectivity index (χ2v) is 6.13. The molecule has 0 aromatic heterocycles. The first kappa shape index (κ1) is 13.4. The molecule has 4 rings (SSSR count). The Balaban J connectivity index is 1.70. The molecule has 0 spiro atoms. The van der Waals surface area contributed by atoms with Gasteiger partial charge in [-0.2, -0.15) is 0 Å². The van der Waals surface area contributed by atoms with Gasteiger partial charge in [-0.3, -0.25) is 0 Å². The van der Waals surface area contributed by atoms with Crippen molar-refractivity contribution in [3.63, 3.8) is 0 Å². The molecule has 112 valence electrons. The molecule has 2 aromatic carbocycles. The molecule has 0 N–H and O–H groups in total. The van der Waals surface area contributed by atoms with Gasteiger partial charge in [-0.15, -0.1) is 0 Å². The average molecular weight is 293 g/mol. The molecule has 0 amide bonds. The van der Waals surface area contributed by atoms with E-state index in [0.717, 1.165) is 29.9 Å². The van der Waals surface area contributed by atoms with Crippen molar-refractivity contribution in [2.75, 3.05) is 13.7 Å². The number of ether oxygens (including phenoxy) is 1. The number of benzene rings is 2. The number of rotatable bonds is 2. The number of hydrogen-bond donors (Lipinski definition) is 0. The summed E-state index contributed by atoms with van der Waals surface area (Å²) >= 11 is 0. The Morgan fingerprint density at radius 3 is 2.59 bits per heavy atom. The van der Waals surface area contributed by atoms with E-state index in [2.05, 4.69) is 30.3 Å². The molecule has 3 nitrogen and oxygen atoms in total. The molecule has 0 unspecified atom stereocenters. The van der Waals surface area contributed by atoms with Gasteiger partial charge in [0.1, 0.15) is 5.75 Å². The van der Waals surface area contributed by atoms with Gasteiger partial charge >= 0.3 is 0 Å². The Morgan fingerprint density at radius 1 is 1.05 bits per heavy atom. The van der Waals surface area contributed by atoms with Gasteiger partial charge in [0.15, 0.2) is 12.3 Å². The summed E-state index contributed by atoms with van der Waals surface area (Å²) in [6.45, 7) is 0.556. The van der Waals surface area contributed by atoms with E-state index in [1.165, 1.54) is 15.9 Å². The summed E-state index contributed by atoms with van der Waals surface area (Å²) in [6, 6.07) is 16.5. The summed E-state index contributed by atoms with van der Waals surface area (Å²) in [5.74, 6) is 1.48. The molecule has 0 radical (unpaired) electrons. The standard InChI is InChI=1S/C19H19NO2/c1-22-15-9-6-14(7-10-15)18-12-20(21)19-16-5-3-2-4-13(16)8-11-17(18)19/h2-7,9-10,17-18H,8,11-12H2,1H3/t17-,18-/m1/s1. The zero-order valence-corrected chi connectivity index (χ0v) is 12.7. The Hall–Kier alpha value is -2.29. The number of nitrogens with zero attached hydrogens (tertiary/aromatic N) is 1. The molecule has 0 fully saturated rings. The van der Waals surface area contributed by atoms with E-state index < -0.39 is 0 Å². The summed E-state index contributed by atoms with van der Waals surface area (Å²) in [7, 11) is 1.67. The quantitative estimate of drug-likeness (QED) is 0.628. The van der Waals surface area contributed by atoms with E-state index in [0.29, 0.717) is 12.5 Å². The van der Waals surface area contributed by atoms with Crippen LogP contribution < -0.4 is 4.74 Å². The number of fused-ring (bicyclic) bond motifs is 3. The summed E-state index contributed by atoms with van der Waals surface area (Å²) in [4.78, 5) is 0. The Morgan fingerprint density at radius 2 is 1.82 bits per heavy atom. The summed E-state index contributed by atoms with van der Waals surface area (Å²) in [5.41, 5.74) is 4.69. The molecular formula is C19H19NO2. The molecule has 2 aromatic rings. The van der Waals surface area contributed by atoms with Gasteiger partial charge in [0.25, 0.3) is 0 Å². The number of hydroxylamine groups is 1. The third-order valence-electron chi connectivity index (χ3n) is 5.03. The SMILES string of the molecule is COc1ccc([C@H]2C[N+]([O-])=C3c4ccccc4CC[C@@H]32)cc1. The third kappa shape index (κ3) is 2.00. The van der Waals surface area contributed by atoms with Gasteiger partial charge in [-0.05, 0) is 42.2 Å². The molecule has 0 saturated heterocycles. The third-order valence-corrected chi connectivity index (χ3v) is 5.03. The van der Waals surface area contributed by atoms with Crippen molar-refractivity contribution in [3.05, 3.63) is 70.4 Å². The van der Waals surface area contributed by atoms with Gasteiger partial charge in [0.05, 0.1) is 18.9 Å². The Kier molecular flexibility index (Phi) is 3.14. The minimum absolute atomic E-state index is 0.284. The number of hydrogen-bond acceptors (Lipinski definition) is 2. The fraction of sp³-hybridized carbons (Fsp3) is 0.316. The van der Waals surface area contributed by atoms with E-state index in [-0.39, 0.29) is 5.92 Å². The lowest BCUT2D eigenvalue weighted by Gasteiger charge is -2.23. The van der Waals surface area contributed by atoms with Crippen LogP contribution in [0.15, 0.2) is 48.5 Å². The fourth-order valence-corrected chi connectivity index (χ4v) is 3.94. The van der Waals surface area contributed by atoms with E-state index in [1.807, 2.05) is 18.2 Å². The zero-order valence-electron chi connectivity index (χ0n) is 12.7. The zero-order chi connectivity index (χ0) is 15.1. The maximum Gasteiger partial charge on any atom is 0.198 e. The molecular weight excluding hydrogens is 274 g/mol. The van der Waals surface area contributed by atoms with E-state index in [9.17, 15) is 5.21 Å². The fourth-order valence-electron chi connectivity index (χ4n) is 3.94. The first-order valence-electron chi connectivity index (χ1n) is 7.81. The van der Waals surface area contributed by atoms with Gasteiger partial charge < -0.3 is 9.94 Å². The lowest BCUT2D eigenvalue weighted by molar-refractivity contribution is -0.450. The first-order valence-corrected chi connectivity index (χ1v) is 7.81. The monoisotopic (exact) mass is 293 g/mol. The predicted molar refractivity (Wildman–Crippen MR) is 86.6 cm³/mol. The summed E-state index contributed by atoms with van der Waals surface area (Å²) in [6.07, 6.45) is 2.12. The maximum atomic E-state index is 12.5. The molecule has 2 aliphatic rings. The molecule has 1 heterocycles. The van der Waals surface area contributed by atoms with Gasteiger partial charge in [0, 0.05) is 5.56 Å². The first-order chi connectivity index (χ1) is 10.8. The highest BCUT2D eigenvalue weighted by Crippen LogP contribution is 2.40. The van der Waals surface area contributed by atoms with Gasteiger partial charge in [-0.1, -0.05) is 30.3 Å². The van der Waals surface area contributed by atoms with Crippen molar-refractivity contribution in [1.82, 2.24) is 0 Å². The minimum Gasteiger partial charge on any atom is -0.624 e. The van der Waals surface area contributed by atoms with Gasteiger partial charge in [-0.25, -0.2) is 4.74 Å². The average Bonchev–Trinajstić information content (AvgIpc) is 2.92. The highest BCUT2D eigenvalue weighted by atomic mass is 16.5. The van der Waals surface area contributed by atoms with E-state index >= 15 is 0 Å². The van der Waals surface area contributed by atoms with Crippen LogP contribution >= 0.6 is 0 Å². The number of aryl methyl sites for hydroxylation is 1. The molecule has 22 heavy (non-hydrogen) atoms. The largest absolute Gasteiger partial charge is 0.624 e. The van der Waals surface area contributed by atoms with Crippen LogP contribution in [0.2, 0.25) is 0 Å². The molecule has 1 aliphatic carbocycles. The van der Waals surface area contributed by atoms with Crippen LogP contribution in [0.4, 0.5) is 0 Å². The van der Waals surface area contributed by atoms with E-state index in [4.69, 9.17) is 4.74 Å². The summed E-state index contributed by atoms with van der Waals surface area (Å²) in [5, 5.41) is 12.5. The lowest BCUT2D eigenvalue weighted by atomic mass is 9.75. The minimum atomic E-state index is 0.284. The van der Waals surface area contributed by atoms with Crippen molar-refractivity contribution in [3.8, 4) is 5.75 Å². The number of methoxy groups -OCH3 is 1. The van der Waals surface area contributed by atoms with E-state index in [1.54, 1.807) is 7.11 Å². The van der Waals surface area contributed by atoms with Crippen LogP contribution in [0, 0.1) is 11.1 Å². The summed E-state index contributed by atoms with van der Waals surface area (Å²) < 4.78 is 6.45. The predicted octanol–water partition coefficient (Wildman–Crippen LogP) is 3.35. The van der Waals surface area contributed by atoms with Crippen molar-refractivity contribution in [2.24, 2.45) is 5.92 Å². The van der Waals surface area contributed by atoms with Crippen molar-refractivity contribution >= 4 is 5.71 Å².